The van der Waals surface area contributed by atoms with E-state index in [2.05, 4.69) is 77.3 Å². The molecule has 0 bridgehead atoms. The third-order valence-corrected chi connectivity index (χ3v) is 5.57. The summed E-state index contributed by atoms with van der Waals surface area (Å²) in [7, 11) is 0. The van der Waals surface area contributed by atoms with E-state index in [9.17, 15) is 0 Å². The van der Waals surface area contributed by atoms with Crippen molar-refractivity contribution in [2.24, 2.45) is 0 Å². The van der Waals surface area contributed by atoms with Crippen molar-refractivity contribution >= 4 is 11.0 Å². The first kappa shape index (κ1) is 19.3. The second-order valence-corrected chi connectivity index (χ2v) is 7.69. The van der Waals surface area contributed by atoms with Gasteiger partial charge in [-0.2, -0.15) is 0 Å². The standard InChI is InChI=1S/C24H31N3/c1-9-11-20(10-2)22-21-17(6)18(7)27(24(21)26-19(8)25-22)23-15(4)12-14(3)13-16(23)5/h9,11-13,20H,10H2,1-8H3. The molecule has 0 saturated heterocycles. The van der Waals surface area contributed by atoms with Gasteiger partial charge in [0.15, 0.2) is 0 Å². The van der Waals surface area contributed by atoms with Crippen LogP contribution in [0, 0.1) is 41.5 Å². The van der Waals surface area contributed by atoms with Crippen LogP contribution in [0.5, 0.6) is 0 Å². The van der Waals surface area contributed by atoms with E-state index in [0.29, 0.717) is 5.92 Å². The van der Waals surface area contributed by atoms with Gasteiger partial charge < -0.3 is 0 Å². The van der Waals surface area contributed by atoms with Gasteiger partial charge in [0.05, 0.1) is 11.4 Å². The van der Waals surface area contributed by atoms with Gasteiger partial charge in [0.2, 0.25) is 0 Å². The maximum Gasteiger partial charge on any atom is 0.149 e. The Morgan fingerprint density at radius 3 is 2.19 bits per heavy atom. The maximum atomic E-state index is 4.90. The number of allylic oxidation sites excluding steroid dienone is 2. The fourth-order valence-corrected chi connectivity index (χ4v) is 4.33. The summed E-state index contributed by atoms with van der Waals surface area (Å²) >= 11 is 0. The zero-order valence-electron chi connectivity index (χ0n) is 17.9. The SMILES string of the molecule is CC=CC(CC)c1nc(C)nc2c1c(C)c(C)n2-c1c(C)cc(C)cc1C. The highest BCUT2D eigenvalue weighted by Crippen LogP contribution is 2.35. The third kappa shape index (κ3) is 3.20. The van der Waals surface area contributed by atoms with Crippen molar-refractivity contribution in [1.29, 1.82) is 0 Å². The molecule has 0 spiro atoms. The Kier molecular flexibility index (Phi) is 5.23. The number of hydrogen-bond acceptors (Lipinski definition) is 2. The zero-order chi connectivity index (χ0) is 19.9. The van der Waals surface area contributed by atoms with Crippen LogP contribution in [0.1, 0.15) is 65.7 Å². The molecule has 0 saturated carbocycles. The summed E-state index contributed by atoms with van der Waals surface area (Å²) < 4.78 is 2.34. The van der Waals surface area contributed by atoms with E-state index in [0.717, 1.165) is 23.6 Å². The molecule has 142 valence electrons. The lowest BCUT2D eigenvalue weighted by atomic mass is 9.97. The summed E-state index contributed by atoms with van der Waals surface area (Å²) in [5, 5.41) is 1.21. The van der Waals surface area contributed by atoms with Crippen molar-refractivity contribution in [3.8, 4) is 5.69 Å². The number of hydrogen-bond donors (Lipinski definition) is 0. The molecule has 2 heterocycles. The van der Waals surface area contributed by atoms with Crippen LogP contribution in [-0.2, 0) is 0 Å². The number of rotatable bonds is 4. The van der Waals surface area contributed by atoms with Crippen LogP contribution in [0.4, 0.5) is 0 Å². The first-order valence-electron chi connectivity index (χ1n) is 9.87. The molecule has 0 radical (unpaired) electrons. The molecule has 3 rings (SSSR count). The molecule has 0 fully saturated rings. The average Bonchev–Trinajstić information content (AvgIpc) is 2.83. The molecule has 0 aliphatic rings. The van der Waals surface area contributed by atoms with Gasteiger partial charge in [0.25, 0.3) is 0 Å². The Morgan fingerprint density at radius 2 is 1.63 bits per heavy atom. The van der Waals surface area contributed by atoms with Gasteiger partial charge in [-0.25, -0.2) is 9.97 Å². The van der Waals surface area contributed by atoms with E-state index in [4.69, 9.17) is 9.97 Å². The van der Waals surface area contributed by atoms with Gasteiger partial charge >= 0.3 is 0 Å². The van der Waals surface area contributed by atoms with Crippen molar-refractivity contribution in [2.45, 2.75) is 67.7 Å². The van der Waals surface area contributed by atoms with Crippen molar-refractivity contribution in [3.05, 3.63) is 63.8 Å². The van der Waals surface area contributed by atoms with E-state index < -0.39 is 0 Å². The van der Waals surface area contributed by atoms with Gasteiger partial charge in [-0.1, -0.05) is 36.8 Å². The van der Waals surface area contributed by atoms with Crippen molar-refractivity contribution < 1.29 is 0 Å². The fraction of sp³-hybridized carbons (Fsp3) is 0.417. The normalized spacial score (nSPS) is 13.0. The van der Waals surface area contributed by atoms with Crippen LogP contribution < -0.4 is 0 Å². The van der Waals surface area contributed by atoms with Crippen LogP contribution in [0.15, 0.2) is 24.3 Å². The van der Waals surface area contributed by atoms with Gasteiger partial charge in [-0.05, 0) is 71.6 Å². The van der Waals surface area contributed by atoms with Crippen LogP contribution in [-0.4, -0.2) is 14.5 Å². The molecule has 1 unspecified atom stereocenters. The Balaban J connectivity index is 2.45. The molecule has 0 aliphatic heterocycles. The highest BCUT2D eigenvalue weighted by Gasteiger charge is 2.23. The monoisotopic (exact) mass is 361 g/mol. The Bertz CT molecular complexity index is 1010. The Hall–Kier alpha value is -2.42. The van der Waals surface area contributed by atoms with E-state index in [1.165, 1.54) is 39.0 Å². The first-order chi connectivity index (χ1) is 12.8. The highest BCUT2D eigenvalue weighted by atomic mass is 15.1. The quantitative estimate of drug-likeness (QED) is 0.508. The minimum atomic E-state index is 0.313. The molecule has 2 aromatic heterocycles. The molecule has 3 nitrogen and oxygen atoms in total. The second-order valence-electron chi connectivity index (χ2n) is 7.69. The molecule has 27 heavy (non-hydrogen) atoms. The van der Waals surface area contributed by atoms with Gasteiger partial charge in [0.1, 0.15) is 11.5 Å². The lowest BCUT2D eigenvalue weighted by Gasteiger charge is -2.16. The topological polar surface area (TPSA) is 30.7 Å². The van der Waals surface area contributed by atoms with Crippen LogP contribution in [0.2, 0.25) is 0 Å². The zero-order valence-corrected chi connectivity index (χ0v) is 17.9. The largest absolute Gasteiger partial charge is 0.298 e. The van der Waals surface area contributed by atoms with Crippen molar-refractivity contribution in [2.75, 3.05) is 0 Å². The minimum absolute atomic E-state index is 0.313. The van der Waals surface area contributed by atoms with E-state index >= 15 is 0 Å². The Labute approximate surface area is 163 Å². The molecule has 0 N–H and O–H groups in total. The van der Waals surface area contributed by atoms with Crippen molar-refractivity contribution in [3.63, 3.8) is 0 Å². The van der Waals surface area contributed by atoms with Gasteiger partial charge in [-0.3, -0.25) is 4.57 Å². The minimum Gasteiger partial charge on any atom is -0.298 e. The van der Waals surface area contributed by atoms with Crippen LogP contribution in [0.3, 0.4) is 0 Å². The number of benzene rings is 1. The number of nitrogens with zero attached hydrogens (tertiary/aromatic N) is 3. The number of aromatic nitrogens is 3. The molecule has 3 heteroatoms. The van der Waals surface area contributed by atoms with E-state index in [1.807, 2.05) is 6.92 Å². The average molecular weight is 362 g/mol. The summed E-state index contributed by atoms with van der Waals surface area (Å²) in [4.78, 5) is 9.79. The van der Waals surface area contributed by atoms with Gasteiger partial charge in [0, 0.05) is 17.0 Å². The van der Waals surface area contributed by atoms with Crippen molar-refractivity contribution in [1.82, 2.24) is 14.5 Å². The van der Waals surface area contributed by atoms with Gasteiger partial charge in [-0.15, -0.1) is 0 Å². The molecule has 3 aromatic rings. The summed E-state index contributed by atoms with van der Waals surface area (Å²) in [6, 6.07) is 4.51. The lowest BCUT2D eigenvalue weighted by Crippen LogP contribution is -2.06. The molecule has 0 amide bonds. The summed E-state index contributed by atoms with van der Waals surface area (Å²) in [6.07, 6.45) is 5.42. The highest BCUT2D eigenvalue weighted by molar-refractivity contribution is 5.87. The molecule has 1 aromatic carbocycles. The summed E-state index contributed by atoms with van der Waals surface area (Å²) in [5.41, 5.74) is 9.82. The first-order valence-corrected chi connectivity index (χ1v) is 9.87. The number of fused-ring (bicyclic) bond motifs is 1. The maximum absolute atomic E-state index is 4.90. The fourth-order valence-electron chi connectivity index (χ4n) is 4.33. The molecular formula is C24H31N3. The van der Waals surface area contributed by atoms with E-state index in [-0.39, 0.29) is 0 Å². The smallest absolute Gasteiger partial charge is 0.149 e. The Morgan fingerprint density at radius 1 is 1.00 bits per heavy atom. The lowest BCUT2D eigenvalue weighted by molar-refractivity contribution is 0.771. The van der Waals surface area contributed by atoms with E-state index in [1.54, 1.807) is 0 Å². The third-order valence-electron chi connectivity index (χ3n) is 5.57. The summed E-state index contributed by atoms with van der Waals surface area (Å²) in [6.45, 7) is 17.3. The van der Waals surface area contributed by atoms with Crippen LogP contribution in [0.25, 0.3) is 16.7 Å². The molecule has 1 atom stereocenters. The molecular weight excluding hydrogens is 330 g/mol. The summed E-state index contributed by atoms with van der Waals surface area (Å²) in [5.74, 6) is 1.15. The second kappa shape index (κ2) is 7.30. The molecule has 0 aliphatic carbocycles. The van der Waals surface area contributed by atoms with Crippen LogP contribution >= 0.6 is 0 Å². The predicted molar refractivity (Wildman–Crippen MR) is 115 cm³/mol. The number of aryl methyl sites for hydroxylation is 5. The predicted octanol–water partition coefficient (Wildman–Crippen LogP) is 6.34.